The minimum Gasteiger partial charge on any atom is -0.492 e. The topological polar surface area (TPSA) is 64.3 Å². The number of benzene rings is 1. The summed E-state index contributed by atoms with van der Waals surface area (Å²) in [4.78, 5) is 11.0. The molecule has 4 heteroatoms. The lowest BCUT2D eigenvalue weighted by molar-refractivity contribution is -0.122. The van der Waals surface area contributed by atoms with Gasteiger partial charge in [0.2, 0.25) is 5.91 Å². The summed E-state index contributed by atoms with van der Waals surface area (Å²) in [5, 5.41) is 3.36. The fraction of sp³-hybridized carbons (Fsp3) is 0.533. The van der Waals surface area contributed by atoms with Crippen LogP contribution in [0.3, 0.4) is 0 Å². The number of hydrogen-bond acceptors (Lipinski definition) is 3. The molecule has 1 rings (SSSR count). The Morgan fingerprint density at radius 3 is 2.84 bits per heavy atom. The van der Waals surface area contributed by atoms with Crippen molar-refractivity contribution in [2.75, 3.05) is 13.2 Å². The Bertz CT molecular complexity index is 419. The first-order chi connectivity index (χ1) is 9.06. The number of carbonyl (C=O) groups excluding carboxylic acids is 1. The van der Waals surface area contributed by atoms with E-state index in [4.69, 9.17) is 10.5 Å². The number of para-hydroxylation sites is 1. The van der Waals surface area contributed by atoms with Gasteiger partial charge in [-0.2, -0.15) is 0 Å². The van der Waals surface area contributed by atoms with Gasteiger partial charge in [-0.15, -0.1) is 0 Å². The average Bonchev–Trinajstić information content (AvgIpc) is 2.37. The van der Waals surface area contributed by atoms with Gasteiger partial charge in [0.1, 0.15) is 5.75 Å². The molecular weight excluding hydrogens is 240 g/mol. The Morgan fingerprint density at radius 1 is 1.47 bits per heavy atom. The summed E-state index contributed by atoms with van der Waals surface area (Å²) in [6, 6.07) is 6.07. The van der Waals surface area contributed by atoms with Crippen LogP contribution in [0.25, 0.3) is 0 Å². The van der Waals surface area contributed by atoms with Crippen molar-refractivity contribution in [3.05, 3.63) is 29.3 Å². The minimum absolute atomic E-state index is 0.281. The van der Waals surface area contributed by atoms with Gasteiger partial charge in [-0.05, 0) is 25.5 Å². The van der Waals surface area contributed by atoms with Crippen molar-refractivity contribution in [2.45, 2.75) is 33.7 Å². The van der Waals surface area contributed by atoms with E-state index in [2.05, 4.69) is 12.2 Å². The maximum atomic E-state index is 11.0. The number of aryl methyl sites for hydroxylation is 1. The summed E-state index contributed by atoms with van der Waals surface area (Å²) in [6.45, 7) is 7.99. The third-order valence-corrected chi connectivity index (χ3v) is 3.00. The Hall–Kier alpha value is -1.55. The monoisotopic (exact) mass is 264 g/mol. The quantitative estimate of drug-likeness (QED) is 0.706. The van der Waals surface area contributed by atoms with E-state index in [9.17, 15) is 4.79 Å². The van der Waals surface area contributed by atoms with Crippen LogP contribution in [-0.4, -0.2) is 19.1 Å². The normalized spacial score (nSPS) is 12.2. The van der Waals surface area contributed by atoms with Crippen LogP contribution in [0, 0.1) is 12.8 Å². The fourth-order valence-corrected chi connectivity index (χ4v) is 1.75. The zero-order valence-corrected chi connectivity index (χ0v) is 12.0. The van der Waals surface area contributed by atoms with E-state index in [0.29, 0.717) is 6.61 Å². The predicted molar refractivity (Wildman–Crippen MR) is 77.0 cm³/mol. The molecule has 0 heterocycles. The first-order valence-corrected chi connectivity index (χ1v) is 6.77. The van der Waals surface area contributed by atoms with E-state index in [0.717, 1.165) is 36.4 Å². The standard InChI is InChI=1S/C15H24N2O2/c1-4-8-17-9-13-7-5-6-11(2)14(13)19-10-12(3)15(16)18/h5-7,12,17H,4,8-10H2,1-3H3,(H2,16,18). The highest BCUT2D eigenvalue weighted by Gasteiger charge is 2.12. The predicted octanol–water partition coefficient (Wildman–Crippen LogP) is 1.99. The van der Waals surface area contributed by atoms with Gasteiger partial charge in [-0.3, -0.25) is 4.79 Å². The summed E-state index contributed by atoms with van der Waals surface area (Å²) in [7, 11) is 0. The van der Waals surface area contributed by atoms with Crippen LogP contribution in [0.15, 0.2) is 18.2 Å². The van der Waals surface area contributed by atoms with Crippen molar-refractivity contribution in [1.82, 2.24) is 5.32 Å². The second-order valence-electron chi connectivity index (χ2n) is 4.85. The van der Waals surface area contributed by atoms with Crippen LogP contribution in [-0.2, 0) is 11.3 Å². The number of carbonyl (C=O) groups is 1. The SMILES string of the molecule is CCCNCc1cccc(C)c1OCC(C)C(N)=O. The zero-order chi connectivity index (χ0) is 14.3. The third-order valence-electron chi connectivity index (χ3n) is 3.00. The lowest BCUT2D eigenvalue weighted by Crippen LogP contribution is -2.26. The van der Waals surface area contributed by atoms with Gasteiger partial charge >= 0.3 is 0 Å². The molecule has 0 spiro atoms. The van der Waals surface area contributed by atoms with Crippen molar-refractivity contribution < 1.29 is 9.53 Å². The number of ether oxygens (including phenoxy) is 1. The Balaban J connectivity index is 2.71. The Morgan fingerprint density at radius 2 is 2.21 bits per heavy atom. The van der Waals surface area contributed by atoms with Crippen LogP contribution >= 0.6 is 0 Å². The van der Waals surface area contributed by atoms with Crippen LogP contribution < -0.4 is 15.8 Å². The molecule has 0 bridgehead atoms. The number of amides is 1. The summed E-state index contributed by atoms with van der Waals surface area (Å²) in [5.41, 5.74) is 7.44. The molecule has 106 valence electrons. The van der Waals surface area contributed by atoms with Crippen molar-refractivity contribution in [3.8, 4) is 5.75 Å². The Labute approximate surface area is 115 Å². The van der Waals surface area contributed by atoms with Gasteiger partial charge in [-0.25, -0.2) is 0 Å². The summed E-state index contributed by atoms with van der Waals surface area (Å²) >= 11 is 0. The lowest BCUT2D eigenvalue weighted by atomic mass is 10.1. The molecule has 0 saturated heterocycles. The molecule has 0 radical (unpaired) electrons. The van der Waals surface area contributed by atoms with Crippen LogP contribution in [0.5, 0.6) is 5.75 Å². The van der Waals surface area contributed by atoms with Gasteiger partial charge in [-0.1, -0.05) is 32.0 Å². The number of primary amides is 1. The second kappa shape index (κ2) is 7.79. The molecule has 0 aliphatic carbocycles. The van der Waals surface area contributed by atoms with Crippen molar-refractivity contribution in [3.63, 3.8) is 0 Å². The van der Waals surface area contributed by atoms with Crippen molar-refractivity contribution in [1.29, 1.82) is 0 Å². The molecule has 0 saturated carbocycles. The third kappa shape index (κ3) is 4.91. The lowest BCUT2D eigenvalue weighted by Gasteiger charge is -2.16. The molecule has 1 amide bonds. The molecule has 3 N–H and O–H groups in total. The number of nitrogens with one attached hydrogen (secondary N) is 1. The van der Waals surface area contributed by atoms with E-state index >= 15 is 0 Å². The molecule has 4 nitrogen and oxygen atoms in total. The summed E-state index contributed by atoms with van der Waals surface area (Å²) < 4.78 is 5.78. The maximum Gasteiger partial charge on any atom is 0.223 e. The van der Waals surface area contributed by atoms with E-state index in [-0.39, 0.29) is 11.8 Å². The molecule has 0 aliphatic rings. The highest BCUT2D eigenvalue weighted by atomic mass is 16.5. The molecular formula is C15H24N2O2. The smallest absolute Gasteiger partial charge is 0.223 e. The molecule has 1 atom stereocenters. The van der Waals surface area contributed by atoms with Crippen molar-refractivity contribution in [2.24, 2.45) is 11.7 Å². The average molecular weight is 264 g/mol. The van der Waals surface area contributed by atoms with Crippen molar-refractivity contribution >= 4 is 5.91 Å². The molecule has 1 aromatic carbocycles. The summed E-state index contributed by atoms with van der Waals surface area (Å²) in [6.07, 6.45) is 1.10. The van der Waals surface area contributed by atoms with E-state index < -0.39 is 0 Å². The molecule has 0 fully saturated rings. The number of nitrogens with two attached hydrogens (primary N) is 1. The second-order valence-corrected chi connectivity index (χ2v) is 4.85. The van der Waals surface area contributed by atoms with Gasteiger partial charge in [0, 0.05) is 12.1 Å². The van der Waals surface area contributed by atoms with Gasteiger partial charge in [0.25, 0.3) is 0 Å². The number of hydrogen-bond donors (Lipinski definition) is 2. The first-order valence-electron chi connectivity index (χ1n) is 6.77. The maximum absolute atomic E-state index is 11.0. The minimum atomic E-state index is -0.334. The van der Waals surface area contributed by atoms with Crippen LogP contribution in [0.2, 0.25) is 0 Å². The molecule has 1 unspecified atom stereocenters. The van der Waals surface area contributed by atoms with E-state index in [1.807, 2.05) is 25.1 Å². The van der Waals surface area contributed by atoms with Crippen LogP contribution in [0.4, 0.5) is 0 Å². The highest BCUT2D eigenvalue weighted by molar-refractivity contribution is 5.76. The first kappa shape index (κ1) is 15.5. The van der Waals surface area contributed by atoms with Gasteiger partial charge < -0.3 is 15.8 Å². The number of rotatable bonds is 8. The Kier molecular flexibility index (Phi) is 6.36. The largest absolute Gasteiger partial charge is 0.492 e. The van der Waals surface area contributed by atoms with E-state index in [1.54, 1.807) is 6.92 Å². The molecule has 0 aromatic heterocycles. The highest BCUT2D eigenvalue weighted by Crippen LogP contribution is 2.24. The van der Waals surface area contributed by atoms with Gasteiger partial charge in [0.15, 0.2) is 0 Å². The molecule has 1 aromatic rings. The molecule has 0 aliphatic heterocycles. The zero-order valence-electron chi connectivity index (χ0n) is 12.0. The molecule has 19 heavy (non-hydrogen) atoms. The van der Waals surface area contributed by atoms with Gasteiger partial charge in [0.05, 0.1) is 12.5 Å². The van der Waals surface area contributed by atoms with Crippen LogP contribution in [0.1, 0.15) is 31.4 Å². The fourth-order valence-electron chi connectivity index (χ4n) is 1.75. The summed E-state index contributed by atoms with van der Waals surface area (Å²) in [5.74, 6) is 0.245. The van der Waals surface area contributed by atoms with E-state index in [1.165, 1.54) is 0 Å².